The molecule has 0 aromatic rings. The molecule has 0 spiro atoms. The maximum absolute atomic E-state index is 11.7. The Morgan fingerprint density at radius 1 is 1.53 bits per heavy atom. The van der Waals surface area contributed by atoms with Gasteiger partial charge in [-0.2, -0.15) is 0 Å². The Morgan fingerprint density at radius 3 is 2.93 bits per heavy atom. The molecule has 5 nitrogen and oxygen atoms in total. The van der Waals surface area contributed by atoms with Gasteiger partial charge in [-0.1, -0.05) is 0 Å². The van der Waals surface area contributed by atoms with Gasteiger partial charge in [-0.3, -0.25) is 4.79 Å². The van der Waals surface area contributed by atoms with Crippen molar-refractivity contribution >= 4 is 5.91 Å². The van der Waals surface area contributed by atoms with Crippen molar-refractivity contribution in [2.24, 2.45) is 5.92 Å². The van der Waals surface area contributed by atoms with E-state index >= 15 is 0 Å². The van der Waals surface area contributed by atoms with E-state index in [9.17, 15) is 4.79 Å². The summed E-state index contributed by atoms with van der Waals surface area (Å²) in [5.74, 6) is 0.465. The highest BCUT2D eigenvalue weighted by atomic mass is 16.5. The van der Waals surface area contributed by atoms with Gasteiger partial charge in [0.25, 0.3) is 0 Å². The van der Waals surface area contributed by atoms with Gasteiger partial charge in [0.1, 0.15) is 0 Å². The minimum Gasteiger partial charge on any atom is -0.396 e. The summed E-state index contributed by atoms with van der Waals surface area (Å²) in [5, 5.41) is 12.1. The lowest BCUT2D eigenvalue weighted by molar-refractivity contribution is -0.139. The fourth-order valence-corrected chi connectivity index (χ4v) is 1.98. The van der Waals surface area contributed by atoms with Gasteiger partial charge in [0.2, 0.25) is 5.91 Å². The smallest absolute Gasteiger partial charge is 0.224 e. The van der Waals surface area contributed by atoms with Crippen molar-refractivity contribution < 1.29 is 14.6 Å². The fourth-order valence-electron chi connectivity index (χ4n) is 1.98. The zero-order valence-corrected chi connectivity index (χ0v) is 8.82. The van der Waals surface area contributed by atoms with Gasteiger partial charge >= 0.3 is 0 Å². The van der Waals surface area contributed by atoms with Crippen LogP contribution < -0.4 is 5.32 Å². The molecule has 2 saturated heterocycles. The van der Waals surface area contributed by atoms with Crippen molar-refractivity contribution in [1.82, 2.24) is 10.2 Å². The van der Waals surface area contributed by atoms with E-state index < -0.39 is 0 Å². The molecular formula is C10H18N2O3. The number of hydrogen-bond acceptors (Lipinski definition) is 4. The molecule has 15 heavy (non-hydrogen) atoms. The lowest BCUT2D eigenvalue weighted by Gasteiger charge is -2.39. The highest BCUT2D eigenvalue weighted by molar-refractivity contribution is 5.77. The van der Waals surface area contributed by atoms with E-state index in [1.165, 1.54) is 0 Å². The number of rotatable bonds is 3. The molecule has 0 aliphatic carbocycles. The van der Waals surface area contributed by atoms with E-state index in [1.54, 1.807) is 4.90 Å². The standard InChI is InChI=1S/C10H18N2O3/c13-6-8-4-12(5-8)10(14)3-9-7-15-2-1-11-9/h8-9,11,13H,1-7H2. The zero-order valence-electron chi connectivity index (χ0n) is 8.82. The van der Waals surface area contributed by atoms with Crippen molar-refractivity contribution in [3.05, 3.63) is 0 Å². The Bertz CT molecular complexity index is 223. The second-order valence-electron chi connectivity index (χ2n) is 4.28. The van der Waals surface area contributed by atoms with Crippen LogP contribution in [0.5, 0.6) is 0 Å². The molecule has 0 bridgehead atoms. The number of ether oxygens (including phenoxy) is 1. The number of carbonyl (C=O) groups is 1. The van der Waals surface area contributed by atoms with Crippen LogP contribution in [0.15, 0.2) is 0 Å². The van der Waals surface area contributed by atoms with Crippen molar-refractivity contribution in [1.29, 1.82) is 0 Å². The minimum atomic E-state index is 0.166. The molecule has 0 saturated carbocycles. The van der Waals surface area contributed by atoms with Crippen LogP contribution in [0.1, 0.15) is 6.42 Å². The summed E-state index contributed by atoms with van der Waals surface area (Å²) in [7, 11) is 0. The summed E-state index contributed by atoms with van der Waals surface area (Å²) in [6.45, 7) is 3.81. The summed E-state index contributed by atoms with van der Waals surface area (Å²) in [6.07, 6.45) is 0.512. The monoisotopic (exact) mass is 214 g/mol. The minimum absolute atomic E-state index is 0.166. The summed E-state index contributed by atoms with van der Waals surface area (Å²) in [4.78, 5) is 13.5. The van der Waals surface area contributed by atoms with Crippen molar-refractivity contribution in [2.45, 2.75) is 12.5 Å². The summed E-state index contributed by atoms with van der Waals surface area (Å²) < 4.78 is 5.28. The first-order chi connectivity index (χ1) is 7.29. The lowest BCUT2D eigenvalue weighted by Crippen LogP contribution is -2.53. The highest BCUT2D eigenvalue weighted by Crippen LogP contribution is 2.16. The van der Waals surface area contributed by atoms with E-state index in [-0.39, 0.29) is 18.6 Å². The SMILES string of the molecule is O=C(CC1COCCN1)N1CC(CO)C1. The Balaban J connectivity index is 1.68. The molecule has 5 heteroatoms. The molecule has 2 fully saturated rings. The summed E-state index contributed by atoms with van der Waals surface area (Å²) in [5.41, 5.74) is 0. The van der Waals surface area contributed by atoms with Crippen LogP contribution in [0.25, 0.3) is 0 Å². The molecule has 2 heterocycles. The topological polar surface area (TPSA) is 61.8 Å². The summed E-state index contributed by atoms with van der Waals surface area (Å²) >= 11 is 0. The van der Waals surface area contributed by atoms with E-state index in [2.05, 4.69) is 5.32 Å². The van der Waals surface area contributed by atoms with Crippen molar-refractivity contribution in [3.8, 4) is 0 Å². The van der Waals surface area contributed by atoms with Crippen LogP contribution in [0.2, 0.25) is 0 Å². The lowest BCUT2D eigenvalue weighted by atomic mass is 10.00. The largest absolute Gasteiger partial charge is 0.396 e. The zero-order chi connectivity index (χ0) is 10.7. The molecule has 0 aromatic carbocycles. The first-order valence-electron chi connectivity index (χ1n) is 5.49. The van der Waals surface area contributed by atoms with Crippen LogP contribution in [0.4, 0.5) is 0 Å². The first-order valence-corrected chi connectivity index (χ1v) is 5.49. The number of amides is 1. The predicted octanol–water partition coefficient (Wildman–Crippen LogP) is -1.18. The number of carbonyl (C=O) groups excluding carboxylic acids is 1. The maximum Gasteiger partial charge on any atom is 0.224 e. The van der Waals surface area contributed by atoms with Crippen LogP contribution in [-0.4, -0.2) is 61.4 Å². The number of nitrogens with one attached hydrogen (secondary N) is 1. The van der Waals surface area contributed by atoms with Gasteiger partial charge < -0.3 is 20.1 Å². The van der Waals surface area contributed by atoms with E-state index in [0.29, 0.717) is 32.0 Å². The Hall–Kier alpha value is -0.650. The molecule has 1 atom stereocenters. The molecule has 86 valence electrons. The van der Waals surface area contributed by atoms with Crippen molar-refractivity contribution in [2.75, 3.05) is 39.5 Å². The molecule has 2 N–H and O–H groups in total. The molecule has 1 amide bonds. The quantitative estimate of drug-likeness (QED) is 0.620. The summed E-state index contributed by atoms with van der Waals surface area (Å²) in [6, 6.07) is 0.166. The van der Waals surface area contributed by atoms with Gasteiger partial charge in [-0.25, -0.2) is 0 Å². The first kappa shape index (κ1) is 10.9. The Labute approximate surface area is 89.4 Å². The molecule has 2 aliphatic heterocycles. The third kappa shape index (κ3) is 2.68. The normalized spacial score (nSPS) is 27.5. The van der Waals surface area contributed by atoms with Gasteiger partial charge in [0, 0.05) is 44.6 Å². The number of aliphatic hydroxyl groups excluding tert-OH is 1. The van der Waals surface area contributed by atoms with Gasteiger partial charge in [0.05, 0.1) is 13.2 Å². The van der Waals surface area contributed by atoms with Gasteiger partial charge in [-0.05, 0) is 0 Å². The number of aliphatic hydroxyl groups is 1. The van der Waals surface area contributed by atoms with E-state index in [1.807, 2.05) is 0 Å². The van der Waals surface area contributed by atoms with Crippen LogP contribution in [0.3, 0.4) is 0 Å². The number of morpholine rings is 1. The van der Waals surface area contributed by atoms with Crippen LogP contribution >= 0.6 is 0 Å². The highest BCUT2D eigenvalue weighted by Gasteiger charge is 2.31. The van der Waals surface area contributed by atoms with Gasteiger partial charge in [0.15, 0.2) is 0 Å². The molecule has 0 radical (unpaired) electrons. The predicted molar refractivity (Wildman–Crippen MR) is 54.4 cm³/mol. The van der Waals surface area contributed by atoms with Crippen molar-refractivity contribution in [3.63, 3.8) is 0 Å². The molecule has 1 unspecified atom stereocenters. The maximum atomic E-state index is 11.7. The third-order valence-electron chi connectivity index (χ3n) is 2.99. The third-order valence-corrected chi connectivity index (χ3v) is 2.99. The average molecular weight is 214 g/mol. The number of nitrogens with zero attached hydrogens (tertiary/aromatic N) is 1. The van der Waals surface area contributed by atoms with E-state index in [0.717, 1.165) is 13.2 Å². The van der Waals surface area contributed by atoms with Crippen LogP contribution in [0, 0.1) is 5.92 Å². The number of hydrogen-bond donors (Lipinski definition) is 2. The van der Waals surface area contributed by atoms with E-state index in [4.69, 9.17) is 9.84 Å². The average Bonchev–Trinajstić information content (AvgIpc) is 2.17. The van der Waals surface area contributed by atoms with Gasteiger partial charge in [-0.15, -0.1) is 0 Å². The Morgan fingerprint density at radius 2 is 2.33 bits per heavy atom. The molecular weight excluding hydrogens is 196 g/mol. The molecule has 0 aromatic heterocycles. The second-order valence-corrected chi connectivity index (χ2v) is 4.28. The second kappa shape index (κ2) is 4.92. The molecule has 2 rings (SSSR count). The Kier molecular flexibility index (Phi) is 3.56. The number of likely N-dealkylation sites (tertiary alicyclic amines) is 1. The van der Waals surface area contributed by atoms with Crippen LogP contribution in [-0.2, 0) is 9.53 Å². The molecule has 2 aliphatic rings. The fraction of sp³-hybridized carbons (Fsp3) is 0.900.